The van der Waals surface area contributed by atoms with Crippen LogP contribution in [0, 0.1) is 6.92 Å². The van der Waals surface area contributed by atoms with Crippen LogP contribution >= 0.6 is 12.6 Å². The average molecular weight is 348 g/mol. The maximum atomic E-state index is 11.9. The van der Waals surface area contributed by atoms with Gasteiger partial charge in [0.05, 0.1) is 23.9 Å². The molecule has 1 aliphatic heterocycles. The molecule has 0 radical (unpaired) electrons. The first kappa shape index (κ1) is 19.1. The zero-order chi connectivity index (χ0) is 18.1. The highest BCUT2D eigenvalue weighted by Gasteiger charge is 2.52. The number of carbonyl (C=O) groups is 1. The topological polar surface area (TPSA) is 44.8 Å². The van der Waals surface area contributed by atoms with E-state index in [1.807, 2.05) is 52.8 Å². The summed E-state index contributed by atoms with van der Waals surface area (Å²) >= 11 is 4.43. The van der Waals surface area contributed by atoms with E-state index in [1.54, 1.807) is 6.07 Å². The maximum absolute atomic E-state index is 11.9. The van der Waals surface area contributed by atoms with Crippen LogP contribution in [0.3, 0.4) is 0 Å². The third-order valence-corrected chi connectivity index (χ3v) is 5.23. The van der Waals surface area contributed by atoms with Crippen LogP contribution in [0.25, 0.3) is 6.08 Å². The lowest BCUT2D eigenvalue weighted by molar-refractivity contribution is 0.00578. The molecule has 1 aromatic carbocycles. The molecular formula is C18H25BO4S. The van der Waals surface area contributed by atoms with Crippen molar-refractivity contribution in [3.63, 3.8) is 0 Å². The van der Waals surface area contributed by atoms with Crippen LogP contribution in [0.2, 0.25) is 0 Å². The molecule has 0 saturated carbocycles. The van der Waals surface area contributed by atoms with Crippen molar-refractivity contribution in [1.82, 2.24) is 0 Å². The molecule has 0 amide bonds. The van der Waals surface area contributed by atoms with E-state index in [-0.39, 0.29) is 5.97 Å². The van der Waals surface area contributed by atoms with E-state index < -0.39 is 18.3 Å². The Bertz CT molecular complexity index is 651. The third-order valence-electron chi connectivity index (χ3n) is 4.86. The Hall–Kier alpha value is -1.24. The smallest absolute Gasteiger partial charge is 0.465 e. The second-order valence-corrected chi connectivity index (χ2v) is 7.29. The van der Waals surface area contributed by atoms with Crippen molar-refractivity contribution in [1.29, 1.82) is 0 Å². The van der Waals surface area contributed by atoms with Gasteiger partial charge in [-0.3, -0.25) is 0 Å². The van der Waals surface area contributed by atoms with Gasteiger partial charge in [0.15, 0.2) is 0 Å². The molecule has 0 bridgehead atoms. The van der Waals surface area contributed by atoms with E-state index >= 15 is 0 Å². The summed E-state index contributed by atoms with van der Waals surface area (Å²) in [4.78, 5) is 11.9. The maximum Gasteiger partial charge on any atom is 0.491 e. The number of carbonyl (C=O) groups excluding carboxylic acids is 1. The van der Waals surface area contributed by atoms with Crippen molar-refractivity contribution in [3.8, 4) is 0 Å². The monoisotopic (exact) mass is 348 g/mol. The van der Waals surface area contributed by atoms with Crippen molar-refractivity contribution < 1.29 is 18.8 Å². The number of methoxy groups -OCH3 is 1. The molecule has 6 heteroatoms. The first-order chi connectivity index (χ1) is 11.1. The van der Waals surface area contributed by atoms with E-state index in [0.717, 1.165) is 16.6 Å². The molecule has 1 aromatic rings. The van der Waals surface area contributed by atoms with E-state index in [2.05, 4.69) is 12.6 Å². The Morgan fingerprint density at radius 3 is 2.33 bits per heavy atom. The standard InChI is InChI=1S/C18H25BO4S/c1-12-13(8-7-9-15(12)16(20)21-6)10-14(11-24)19-22-17(2,3)18(4,5)23-19/h7-10,24H,11H2,1-6H3. The van der Waals surface area contributed by atoms with E-state index in [1.165, 1.54) is 7.11 Å². The van der Waals surface area contributed by atoms with Crippen molar-refractivity contribution in [2.45, 2.75) is 45.8 Å². The lowest BCUT2D eigenvalue weighted by Crippen LogP contribution is -2.41. The molecule has 130 valence electrons. The molecule has 0 aromatic heterocycles. The van der Waals surface area contributed by atoms with Crippen molar-refractivity contribution in [2.75, 3.05) is 12.9 Å². The molecule has 0 atom stereocenters. The van der Waals surface area contributed by atoms with Gasteiger partial charge in [0, 0.05) is 5.75 Å². The minimum Gasteiger partial charge on any atom is -0.465 e. The van der Waals surface area contributed by atoms with Crippen LogP contribution in [0.15, 0.2) is 23.7 Å². The van der Waals surface area contributed by atoms with Gasteiger partial charge < -0.3 is 14.0 Å². The normalized spacial score (nSPS) is 19.5. The molecule has 1 aliphatic rings. The van der Waals surface area contributed by atoms with Crippen LogP contribution in [0.5, 0.6) is 0 Å². The summed E-state index contributed by atoms with van der Waals surface area (Å²) in [6, 6.07) is 5.55. The summed E-state index contributed by atoms with van der Waals surface area (Å²) < 4.78 is 17.0. The highest BCUT2D eigenvalue weighted by Crippen LogP contribution is 2.39. The summed E-state index contributed by atoms with van der Waals surface area (Å²) in [5.74, 6) is 0.157. The van der Waals surface area contributed by atoms with Crippen LogP contribution in [-0.4, -0.2) is 37.2 Å². The van der Waals surface area contributed by atoms with E-state index in [0.29, 0.717) is 11.3 Å². The van der Waals surface area contributed by atoms with Crippen molar-refractivity contribution in [3.05, 3.63) is 40.4 Å². The van der Waals surface area contributed by atoms with Gasteiger partial charge in [-0.1, -0.05) is 18.2 Å². The fourth-order valence-corrected chi connectivity index (χ4v) is 2.76. The molecule has 24 heavy (non-hydrogen) atoms. The fourth-order valence-electron chi connectivity index (χ4n) is 2.52. The molecule has 0 spiro atoms. The average Bonchev–Trinajstić information content (AvgIpc) is 2.73. The zero-order valence-electron chi connectivity index (χ0n) is 15.2. The van der Waals surface area contributed by atoms with Gasteiger partial charge in [0.2, 0.25) is 0 Å². The zero-order valence-corrected chi connectivity index (χ0v) is 16.1. The van der Waals surface area contributed by atoms with Crippen LogP contribution in [0.1, 0.15) is 49.2 Å². The molecular weight excluding hydrogens is 323 g/mol. The number of thiol groups is 1. The van der Waals surface area contributed by atoms with Gasteiger partial charge in [0.25, 0.3) is 0 Å². The second kappa shape index (κ2) is 6.94. The summed E-state index contributed by atoms with van der Waals surface area (Å²) in [6.07, 6.45) is 1.98. The van der Waals surface area contributed by atoms with Gasteiger partial charge in [-0.15, -0.1) is 0 Å². The molecule has 0 unspecified atom stereocenters. The number of benzene rings is 1. The molecule has 4 nitrogen and oxygen atoms in total. The van der Waals surface area contributed by atoms with E-state index in [9.17, 15) is 4.79 Å². The van der Waals surface area contributed by atoms with Crippen LogP contribution in [0.4, 0.5) is 0 Å². The second-order valence-electron chi connectivity index (χ2n) is 6.98. The van der Waals surface area contributed by atoms with Gasteiger partial charge in [0.1, 0.15) is 0 Å². The lowest BCUT2D eigenvalue weighted by atomic mass is 9.78. The Kier molecular flexibility index (Phi) is 5.52. The highest BCUT2D eigenvalue weighted by molar-refractivity contribution is 7.80. The first-order valence-corrected chi connectivity index (χ1v) is 8.61. The molecule has 1 fully saturated rings. The first-order valence-electron chi connectivity index (χ1n) is 7.98. The summed E-state index contributed by atoms with van der Waals surface area (Å²) in [6.45, 7) is 9.98. The molecule has 0 aliphatic carbocycles. The summed E-state index contributed by atoms with van der Waals surface area (Å²) in [5.41, 5.74) is 2.46. The number of esters is 1. The molecule has 1 saturated heterocycles. The molecule has 1 heterocycles. The van der Waals surface area contributed by atoms with E-state index in [4.69, 9.17) is 14.0 Å². The van der Waals surface area contributed by atoms with Crippen LogP contribution in [-0.2, 0) is 14.0 Å². The van der Waals surface area contributed by atoms with Crippen molar-refractivity contribution in [2.24, 2.45) is 0 Å². The van der Waals surface area contributed by atoms with Crippen LogP contribution < -0.4 is 0 Å². The Morgan fingerprint density at radius 1 is 1.25 bits per heavy atom. The minimum atomic E-state index is -0.450. The SMILES string of the molecule is COC(=O)c1cccc(C=C(CS)B2OC(C)(C)C(C)(C)O2)c1C. The number of hydrogen-bond acceptors (Lipinski definition) is 5. The highest BCUT2D eigenvalue weighted by atomic mass is 32.1. The third kappa shape index (κ3) is 3.56. The molecule has 0 N–H and O–H groups in total. The minimum absolute atomic E-state index is 0.342. The lowest BCUT2D eigenvalue weighted by Gasteiger charge is -2.32. The number of rotatable bonds is 4. The van der Waals surface area contributed by atoms with Gasteiger partial charge >= 0.3 is 13.1 Å². The Balaban J connectivity index is 2.38. The Morgan fingerprint density at radius 2 is 1.83 bits per heavy atom. The van der Waals surface area contributed by atoms with Crippen molar-refractivity contribution >= 4 is 31.8 Å². The predicted octanol–water partition coefficient (Wildman–Crippen LogP) is 3.73. The quantitative estimate of drug-likeness (QED) is 0.512. The largest absolute Gasteiger partial charge is 0.491 e. The summed E-state index contributed by atoms with van der Waals surface area (Å²) in [5, 5.41) is 0. The number of hydrogen-bond donors (Lipinski definition) is 1. The summed E-state index contributed by atoms with van der Waals surface area (Å²) in [7, 11) is 0.932. The number of ether oxygens (including phenoxy) is 1. The predicted molar refractivity (Wildman–Crippen MR) is 100 cm³/mol. The van der Waals surface area contributed by atoms with Gasteiger partial charge in [-0.05, 0) is 57.3 Å². The fraction of sp³-hybridized carbons (Fsp3) is 0.500. The van der Waals surface area contributed by atoms with Gasteiger partial charge in [-0.25, -0.2) is 4.79 Å². The molecule has 2 rings (SSSR count). The van der Waals surface area contributed by atoms with Gasteiger partial charge in [-0.2, -0.15) is 12.6 Å². The Labute approximate surface area is 150 Å².